The number of nitrogens with zero attached hydrogens (tertiary/aromatic N) is 4. The minimum atomic E-state index is -3.12. The Morgan fingerprint density at radius 3 is 2.53 bits per heavy atom. The molecule has 1 aliphatic carbocycles. The van der Waals surface area contributed by atoms with Crippen LogP contribution in [0, 0.1) is 45.3 Å². The quantitative estimate of drug-likeness (QED) is 0.817. The summed E-state index contributed by atoms with van der Waals surface area (Å²) in [7, 11) is 0. The fraction of sp³-hybridized carbons (Fsp3) is 0.333. The maximum atomic E-state index is 13.0. The van der Waals surface area contributed by atoms with E-state index in [1.54, 1.807) is 12.1 Å². The molecule has 1 aromatic carbocycles. The number of para-hydroxylation sites is 1. The average molecular weight is 409 g/mol. The summed E-state index contributed by atoms with van der Waals surface area (Å²) in [4.78, 5) is 13.5. The fourth-order valence-corrected chi connectivity index (χ4v) is 4.22. The van der Waals surface area contributed by atoms with Crippen molar-refractivity contribution in [1.82, 2.24) is 4.90 Å². The zero-order chi connectivity index (χ0) is 22.1. The summed E-state index contributed by atoms with van der Waals surface area (Å²) >= 11 is 0. The van der Waals surface area contributed by atoms with E-state index in [4.69, 9.17) is 5.73 Å². The number of ether oxygens (including phenoxy) is 1. The molecule has 1 aliphatic heterocycles. The zero-order valence-electron chi connectivity index (χ0n) is 16.0. The van der Waals surface area contributed by atoms with Gasteiger partial charge in [-0.1, -0.05) is 24.3 Å². The molecule has 1 heterocycles. The van der Waals surface area contributed by atoms with Gasteiger partial charge >= 0.3 is 6.61 Å². The molecule has 0 unspecified atom stereocenters. The van der Waals surface area contributed by atoms with E-state index in [0.29, 0.717) is 5.57 Å². The number of hydrogen-bond acceptors (Lipinski definition) is 6. The summed E-state index contributed by atoms with van der Waals surface area (Å²) in [6.45, 7) is -1.42. The Morgan fingerprint density at radius 1 is 1.30 bits per heavy atom. The molecule has 2 N–H and O–H groups in total. The van der Waals surface area contributed by atoms with Crippen molar-refractivity contribution < 1.29 is 18.3 Å². The van der Waals surface area contributed by atoms with Crippen LogP contribution in [-0.4, -0.2) is 30.5 Å². The van der Waals surface area contributed by atoms with Crippen LogP contribution >= 0.6 is 0 Å². The Labute approximate surface area is 171 Å². The van der Waals surface area contributed by atoms with Crippen molar-refractivity contribution in [3.05, 3.63) is 52.7 Å². The molecule has 9 heteroatoms. The Kier molecular flexibility index (Phi) is 5.45. The van der Waals surface area contributed by atoms with Gasteiger partial charge in [0.05, 0.1) is 23.4 Å². The number of halogens is 2. The van der Waals surface area contributed by atoms with Crippen molar-refractivity contribution in [2.75, 3.05) is 13.1 Å². The topological polar surface area (TPSA) is 127 Å². The highest BCUT2D eigenvalue weighted by molar-refractivity contribution is 5.74. The Morgan fingerprint density at radius 2 is 1.97 bits per heavy atom. The van der Waals surface area contributed by atoms with Gasteiger partial charge in [-0.05, 0) is 11.6 Å². The van der Waals surface area contributed by atoms with Gasteiger partial charge in [0.25, 0.3) is 0 Å². The van der Waals surface area contributed by atoms with E-state index in [-0.39, 0.29) is 41.6 Å². The maximum absolute atomic E-state index is 13.0. The van der Waals surface area contributed by atoms with Gasteiger partial charge in [-0.15, -0.1) is 0 Å². The Balaban J connectivity index is 2.33. The van der Waals surface area contributed by atoms with Crippen LogP contribution in [0.4, 0.5) is 8.78 Å². The van der Waals surface area contributed by atoms with Crippen molar-refractivity contribution >= 4 is 5.91 Å². The van der Waals surface area contributed by atoms with E-state index in [1.165, 1.54) is 30.0 Å². The zero-order valence-corrected chi connectivity index (χ0v) is 16.0. The van der Waals surface area contributed by atoms with Crippen LogP contribution in [0.25, 0.3) is 0 Å². The normalized spacial score (nSPS) is 22.3. The standard InChI is InChI=1S/C21H17F2N5O2/c1-12(29)28-7-6-13-15(8-24)19(27)21(10-25,11-26)18(16(13)9-28)14-4-2-3-5-17(14)30-20(22)23/h2-6,16,18,20H,7,9,27H2,1H3/t16-,18-/m1/s1. The number of rotatable bonds is 3. The molecule has 1 amide bonds. The number of hydrogen-bond donors (Lipinski definition) is 1. The molecule has 0 saturated heterocycles. The van der Waals surface area contributed by atoms with Crippen LogP contribution in [0.2, 0.25) is 0 Å². The van der Waals surface area contributed by atoms with Crippen LogP contribution < -0.4 is 10.5 Å². The van der Waals surface area contributed by atoms with E-state index in [9.17, 15) is 29.4 Å². The number of amides is 1. The minimum Gasteiger partial charge on any atom is -0.435 e. The molecule has 7 nitrogen and oxygen atoms in total. The summed E-state index contributed by atoms with van der Waals surface area (Å²) < 4.78 is 30.7. The number of alkyl halides is 2. The number of nitrogens with two attached hydrogens (primary N) is 1. The molecule has 30 heavy (non-hydrogen) atoms. The molecular formula is C21H17F2N5O2. The predicted molar refractivity (Wildman–Crippen MR) is 100 cm³/mol. The second-order valence-corrected chi connectivity index (χ2v) is 7.02. The molecule has 0 bridgehead atoms. The van der Waals surface area contributed by atoms with Gasteiger partial charge in [-0.3, -0.25) is 4.79 Å². The van der Waals surface area contributed by atoms with Crippen LogP contribution in [-0.2, 0) is 4.79 Å². The second-order valence-electron chi connectivity index (χ2n) is 7.02. The summed E-state index contributed by atoms with van der Waals surface area (Å²) in [6.07, 6.45) is 1.66. The minimum absolute atomic E-state index is 0.00908. The third kappa shape index (κ3) is 3.13. The molecule has 2 aliphatic rings. The first kappa shape index (κ1) is 20.8. The van der Waals surface area contributed by atoms with Crippen molar-refractivity contribution in [2.24, 2.45) is 17.1 Å². The Hall–Kier alpha value is -3.90. The van der Waals surface area contributed by atoms with Crippen molar-refractivity contribution in [3.63, 3.8) is 0 Å². The van der Waals surface area contributed by atoms with E-state index in [1.807, 2.05) is 18.2 Å². The number of carbonyl (C=O) groups excluding carboxylic acids is 1. The van der Waals surface area contributed by atoms with Crippen LogP contribution in [0.5, 0.6) is 5.75 Å². The number of benzene rings is 1. The van der Waals surface area contributed by atoms with E-state index < -0.39 is 23.9 Å². The highest BCUT2D eigenvalue weighted by Gasteiger charge is 2.55. The monoisotopic (exact) mass is 409 g/mol. The first-order chi connectivity index (χ1) is 14.3. The largest absolute Gasteiger partial charge is 0.435 e. The molecule has 0 radical (unpaired) electrons. The van der Waals surface area contributed by atoms with E-state index in [2.05, 4.69) is 4.74 Å². The summed E-state index contributed by atoms with van der Waals surface area (Å²) in [5.74, 6) is -2.15. The maximum Gasteiger partial charge on any atom is 0.387 e. The van der Waals surface area contributed by atoms with Gasteiger partial charge in [0.15, 0.2) is 5.41 Å². The third-order valence-corrected chi connectivity index (χ3v) is 5.58. The average Bonchev–Trinajstić information content (AvgIpc) is 2.73. The number of fused-ring (bicyclic) bond motifs is 1. The van der Waals surface area contributed by atoms with Crippen molar-refractivity contribution in [1.29, 1.82) is 15.8 Å². The van der Waals surface area contributed by atoms with Crippen LogP contribution in [0.1, 0.15) is 18.4 Å². The summed E-state index contributed by atoms with van der Waals surface area (Å²) in [5, 5.41) is 29.7. The van der Waals surface area contributed by atoms with Gasteiger partial charge in [0, 0.05) is 37.4 Å². The summed E-state index contributed by atoms with van der Waals surface area (Å²) in [5.41, 5.74) is 4.62. The highest BCUT2D eigenvalue weighted by Crippen LogP contribution is 2.55. The van der Waals surface area contributed by atoms with Gasteiger partial charge in [0.1, 0.15) is 11.8 Å². The summed E-state index contributed by atoms with van der Waals surface area (Å²) in [6, 6.07) is 11.7. The first-order valence-electron chi connectivity index (χ1n) is 9.03. The lowest BCUT2D eigenvalue weighted by Crippen LogP contribution is -2.49. The predicted octanol–water partition coefficient (Wildman–Crippen LogP) is 2.56. The number of carbonyl (C=O) groups is 1. The molecule has 0 saturated carbocycles. The number of nitriles is 3. The highest BCUT2D eigenvalue weighted by atomic mass is 19.3. The lowest BCUT2D eigenvalue weighted by molar-refractivity contribution is -0.129. The van der Waals surface area contributed by atoms with Gasteiger partial charge in [-0.25, -0.2) is 0 Å². The molecule has 2 atom stereocenters. The smallest absolute Gasteiger partial charge is 0.387 e. The van der Waals surface area contributed by atoms with Gasteiger partial charge in [-0.2, -0.15) is 24.6 Å². The molecular weight excluding hydrogens is 392 g/mol. The fourth-order valence-electron chi connectivity index (χ4n) is 4.22. The Bertz CT molecular complexity index is 1060. The third-order valence-electron chi connectivity index (χ3n) is 5.58. The molecule has 1 aromatic rings. The van der Waals surface area contributed by atoms with Crippen LogP contribution in [0.15, 0.2) is 47.2 Å². The first-order valence-corrected chi connectivity index (χ1v) is 9.03. The number of allylic oxidation sites excluding steroid dienone is 2. The molecule has 152 valence electrons. The SMILES string of the molecule is CC(=O)N1CC=C2C(C#N)=C(N)C(C#N)(C#N)[C@H](c3ccccc3OC(F)F)[C@@H]2C1. The molecule has 0 spiro atoms. The van der Waals surface area contributed by atoms with Crippen LogP contribution in [0.3, 0.4) is 0 Å². The van der Waals surface area contributed by atoms with Crippen molar-refractivity contribution in [2.45, 2.75) is 19.5 Å². The second kappa shape index (κ2) is 7.85. The lowest BCUT2D eigenvalue weighted by atomic mass is 9.58. The van der Waals surface area contributed by atoms with E-state index >= 15 is 0 Å². The van der Waals surface area contributed by atoms with Gasteiger partial charge < -0.3 is 15.4 Å². The molecule has 0 fully saturated rings. The van der Waals surface area contributed by atoms with Gasteiger partial charge in [0.2, 0.25) is 5.91 Å². The lowest BCUT2D eigenvalue weighted by Gasteiger charge is -2.45. The molecule has 3 rings (SSSR count). The van der Waals surface area contributed by atoms with E-state index in [0.717, 1.165) is 0 Å². The molecule has 0 aromatic heterocycles. The van der Waals surface area contributed by atoms with Crippen molar-refractivity contribution in [3.8, 4) is 24.0 Å².